The second kappa shape index (κ2) is 3.38. The van der Waals surface area contributed by atoms with Crippen LogP contribution >= 0.6 is 0 Å². The van der Waals surface area contributed by atoms with Crippen LogP contribution in [0, 0.1) is 5.92 Å². The lowest BCUT2D eigenvalue weighted by atomic mass is 9.92. The van der Waals surface area contributed by atoms with E-state index in [-0.39, 0.29) is 18.4 Å². The Morgan fingerprint density at radius 1 is 1.06 bits per heavy atom. The zero-order valence-electron chi connectivity index (χ0n) is 9.20. The first-order chi connectivity index (χ1) is 7.46. The van der Waals surface area contributed by atoms with Crippen LogP contribution in [-0.2, 0) is 18.9 Å². The quantitative estimate of drug-likeness (QED) is 0.588. The van der Waals surface area contributed by atoms with Crippen LogP contribution in [0.15, 0.2) is 0 Å². The van der Waals surface area contributed by atoms with Gasteiger partial charge in [0.2, 0.25) is 0 Å². The molecule has 3 aliphatic rings. The van der Waals surface area contributed by atoms with Gasteiger partial charge >= 0.3 is 0 Å². The molecule has 0 amide bonds. The Balaban J connectivity index is 1.80. The molecule has 2 N–H and O–H groups in total. The maximum absolute atomic E-state index is 9.91. The summed E-state index contributed by atoms with van der Waals surface area (Å²) >= 11 is 0. The molecule has 92 valence electrons. The van der Waals surface area contributed by atoms with Crippen LogP contribution in [0.5, 0.6) is 0 Å². The van der Waals surface area contributed by atoms with Crippen molar-refractivity contribution in [1.82, 2.24) is 0 Å². The van der Waals surface area contributed by atoms with Crippen LogP contribution in [0.2, 0.25) is 0 Å². The Hall–Kier alpha value is -0.240. The Kier molecular flexibility index (Phi) is 2.30. The van der Waals surface area contributed by atoms with Crippen LogP contribution < -0.4 is 0 Å². The van der Waals surface area contributed by atoms with E-state index in [2.05, 4.69) is 0 Å². The monoisotopic (exact) mass is 232 g/mol. The molecule has 3 saturated heterocycles. The predicted octanol–water partition coefficient (Wildman–Crippen LogP) is -0.464. The normalized spacial score (nSPS) is 54.8. The third-order valence-corrected chi connectivity index (χ3v) is 3.23. The summed E-state index contributed by atoms with van der Waals surface area (Å²) in [5.74, 6) is -0.994. The van der Waals surface area contributed by atoms with Crippen molar-refractivity contribution in [3.05, 3.63) is 0 Å². The van der Waals surface area contributed by atoms with Crippen molar-refractivity contribution in [3.8, 4) is 0 Å². The van der Waals surface area contributed by atoms with Gasteiger partial charge in [0.05, 0.1) is 12.0 Å². The lowest BCUT2D eigenvalue weighted by Crippen LogP contribution is -2.46. The fourth-order valence-corrected chi connectivity index (χ4v) is 2.60. The Morgan fingerprint density at radius 2 is 1.81 bits per heavy atom. The molecule has 0 bridgehead atoms. The molecule has 6 nitrogen and oxygen atoms in total. The van der Waals surface area contributed by atoms with Crippen LogP contribution in [0.4, 0.5) is 0 Å². The Labute approximate surface area is 93.0 Å². The van der Waals surface area contributed by atoms with Crippen molar-refractivity contribution in [2.24, 2.45) is 5.92 Å². The Bertz CT molecular complexity index is 293. The van der Waals surface area contributed by atoms with Crippen molar-refractivity contribution < 1.29 is 29.2 Å². The van der Waals surface area contributed by atoms with E-state index >= 15 is 0 Å². The molecule has 0 aromatic rings. The minimum Gasteiger partial charge on any atom is -0.392 e. The summed E-state index contributed by atoms with van der Waals surface area (Å²) in [5, 5.41) is 19.3. The third-order valence-electron chi connectivity index (χ3n) is 3.23. The van der Waals surface area contributed by atoms with Gasteiger partial charge in [-0.25, -0.2) is 0 Å². The van der Waals surface area contributed by atoms with E-state index in [0.29, 0.717) is 0 Å². The second-order valence-corrected chi connectivity index (χ2v) is 4.94. The SMILES string of the molecule is CC1(C)O[C@@H]2O[C@H]3O[C@@H](O)C[C@@H](O)[C@H]3[C@@H]2O1. The fourth-order valence-electron chi connectivity index (χ4n) is 2.60. The fraction of sp³-hybridized carbons (Fsp3) is 1.00. The van der Waals surface area contributed by atoms with E-state index in [1.54, 1.807) is 13.8 Å². The zero-order chi connectivity index (χ0) is 11.5. The number of rotatable bonds is 0. The molecule has 3 fully saturated rings. The van der Waals surface area contributed by atoms with Crippen LogP contribution in [0.1, 0.15) is 20.3 Å². The molecule has 0 spiro atoms. The molecular weight excluding hydrogens is 216 g/mol. The highest BCUT2D eigenvalue weighted by Gasteiger charge is 2.59. The summed E-state index contributed by atoms with van der Waals surface area (Å²) in [6.45, 7) is 3.60. The highest BCUT2D eigenvalue weighted by atomic mass is 16.9. The van der Waals surface area contributed by atoms with E-state index in [0.717, 1.165) is 0 Å². The van der Waals surface area contributed by atoms with Gasteiger partial charge in [-0.2, -0.15) is 0 Å². The van der Waals surface area contributed by atoms with Crippen molar-refractivity contribution in [2.75, 3.05) is 0 Å². The van der Waals surface area contributed by atoms with Crippen LogP contribution in [0.3, 0.4) is 0 Å². The number of aliphatic hydroxyl groups excluding tert-OH is 2. The molecule has 3 heterocycles. The number of fused-ring (bicyclic) bond motifs is 3. The minimum absolute atomic E-state index is 0.178. The average molecular weight is 232 g/mol. The van der Waals surface area contributed by atoms with Crippen molar-refractivity contribution in [1.29, 1.82) is 0 Å². The topological polar surface area (TPSA) is 77.4 Å². The molecule has 6 atom stereocenters. The van der Waals surface area contributed by atoms with E-state index in [1.165, 1.54) is 0 Å². The molecule has 3 rings (SSSR count). The lowest BCUT2D eigenvalue weighted by Gasteiger charge is -2.35. The minimum atomic E-state index is -0.983. The maximum Gasteiger partial charge on any atom is 0.190 e. The summed E-state index contributed by atoms with van der Waals surface area (Å²) in [7, 11) is 0. The molecule has 0 saturated carbocycles. The molecule has 0 radical (unpaired) electrons. The molecule has 0 unspecified atom stereocenters. The van der Waals surface area contributed by atoms with Gasteiger partial charge in [-0.05, 0) is 13.8 Å². The van der Waals surface area contributed by atoms with Crippen LogP contribution in [0.25, 0.3) is 0 Å². The molecule has 3 aliphatic heterocycles. The highest BCUT2D eigenvalue weighted by Crippen LogP contribution is 2.45. The molecule has 0 aromatic heterocycles. The first-order valence-electron chi connectivity index (χ1n) is 5.49. The van der Waals surface area contributed by atoms with Crippen molar-refractivity contribution in [2.45, 2.75) is 57.1 Å². The largest absolute Gasteiger partial charge is 0.392 e. The zero-order valence-corrected chi connectivity index (χ0v) is 9.20. The first-order valence-corrected chi connectivity index (χ1v) is 5.49. The standard InChI is InChI=1S/C10H16O6/c1-10(2)15-7-6-4(11)3-5(12)13-8(6)14-9(7)16-10/h4-9,11-12H,3H2,1-2H3/t4-,5-,6+,7+,8-,9+/m1/s1. The number of ether oxygens (including phenoxy) is 4. The third kappa shape index (κ3) is 1.57. The van der Waals surface area contributed by atoms with Gasteiger partial charge in [0, 0.05) is 6.42 Å². The molecule has 16 heavy (non-hydrogen) atoms. The molecule has 6 heteroatoms. The number of hydrogen-bond donors (Lipinski definition) is 2. The average Bonchev–Trinajstić information content (AvgIpc) is 2.54. The maximum atomic E-state index is 9.91. The van der Waals surface area contributed by atoms with E-state index in [4.69, 9.17) is 18.9 Å². The van der Waals surface area contributed by atoms with Crippen LogP contribution in [-0.4, -0.2) is 47.1 Å². The van der Waals surface area contributed by atoms with E-state index in [9.17, 15) is 10.2 Å². The van der Waals surface area contributed by atoms with Gasteiger partial charge < -0.3 is 29.2 Å². The number of hydrogen-bond acceptors (Lipinski definition) is 6. The van der Waals surface area contributed by atoms with E-state index < -0.39 is 30.8 Å². The molecule has 0 aliphatic carbocycles. The summed E-state index contributed by atoms with van der Waals surface area (Å²) in [4.78, 5) is 0. The van der Waals surface area contributed by atoms with Crippen molar-refractivity contribution >= 4 is 0 Å². The summed E-state index contributed by atoms with van der Waals surface area (Å²) < 4.78 is 21.9. The predicted molar refractivity (Wildman–Crippen MR) is 49.9 cm³/mol. The van der Waals surface area contributed by atoms with Gasteiger partial charge in [0.15, 0.2) is 24.7 Å². The van der Waals surface area contributed by atoms with Gasteiger partial charge in [0.25, 0.3) is 0 Å². The second-order valence-electron chi connectivity index (χ2n) is 4.94. The van der Waals surface area contributed by atoms with Gasteiger partial charge in [-0.1, -0.05) is 0 Å². The first kappa shape index (κ1) is 10.9. The summed E-state index contributed by atoms with van der Waals surface area (Å²) in [6.07, 6.45) is -3.00. The van der Waals surface area contributed by atoms with Crippen molar-refractivity contribution in [3.63, 3.8) is 0 Å². The van der Waals surface area contributed by atoms with Gasteiger partial charge in [-0.3, -0.25) is 0 Å². The van der Waals surface area contributed by atoms with E-state index in [1.807, 2.05) is 0 Å². The van der Waals surface area contributed by atoms with Gasteiger partial charge in [-0.15, -0.1) is 0 Å². The number of aliphatic hydroxyl groups is 2. The van der Waals surface area contributed by atoms with Gasteiger partial charge in [0.1, 0.15) is 6.10 Å². The lowest BCUT2D eigenvalue weighted by molar-refractivity contribution is -0.314. The molecule has 0 aromatic carbocycles. The smallest absolute Gasteiger partial charge is 0.190 e. The highest BCUT2D eigenvalue weighted by molar-refractivity contribution is 4.95. The summed E-state index contributed by atoms with van der Waals surface area (Å²) in [6, 6.07) is 0. The molecular formula is C10H16O6. The summed E-state index contributed by atoms with van der Waals surface area (Å²) in [5.41, 5.74) is 0. The Morgan fingerprint density at radius 3 is 2.56 bits per heavy atom.